The first kappa shape index (κ1) is 17.2. The first-order chi connectivity index (χ1) is 12.0. The van der Waals surface area contributed by atoms with E-state index in [9.17, 15) is 9.90 Å². The Morgan fingerprint density at radius 2 is 2.20 bits per heavy atom. The van der Waals surface area contributed by atoms with Gasteiger partial charge in [-0.25, -0.2) is 14.8 Å². The van der Waals surface area contributed by atoms with Crippen LogP contribution in [0, 0.1) is 6.92 Å². The van der Waals surface area contributed by atoms with Crippen LogP contribution in [0.3, 0.4) is 0 Å². The summed E-state index contributed by atoms with van der Waals surface area (Å²) in [6.07, 6.45) is 0. The fraction of sp³-hybridized carbons (Fsp3) is 0.188. The molecule has 0 amide bonds. The number of hydrogen-bond acceptors (Lipinski definition) is 8. The highest BCUT2D eigenvalue weighted by molar-refractivity contribution is 7.19. The SMILES string of the molecule is CCOc1ccc(C(=O)O)cc1Nc1nc(-c2sc(N)nc2C)cs1. The van der Waals surface area contributed by atoms with Gasteiger partial charge in [-0.2, -0.15) is 0 Å². The van der Waals surface area contributed by atoms with E-state index in [2.05, 4.69) is 15.3 Å². The number of nitrogens with two attached hydrogens (primary N) is 1. The molecular weight excluding hydrogens is 360 g/mol. The number of carbonyl (C=O) groups is 1. The van der Waals surface area contributed by atoms with Gasteiger partial charge in [-0.15, -0.1) is 11.3 Å². The Morgan fingerprint density at radius 1 is 1.40 bits per heavy atom. The van der Waals surface area contributed by atoms with Crippen molar-refractivity contribution in [1.82, 2.24) is 9.97 Å². The van der Waals surface area contributed by atoms with Crippen molar-refractivity contribution in [2.24, 2.45) is 0 Å². The molecule has 0 atom stereocenters. The highest BCUT2D eigenvalue weighted by Crippen LogP contribution is 2.35. The molecule has 3 aromatic rings. The van der Waals surface area contributed by atoms with Gasteiger partial charge in [-0.05, 0) is 32.0 Å². The molecule has 2 aromatic heterocycles. The van der Waals surface area contributed by atoms with E-state index in [1.54, 1.807) is 6.07 Å². The maximum atomic E-state index is 11.2. The Bertz CT molecular complexity index is 920. The second kappa shape index (κ2) is 7.08. The first-order valence-electron chi connectivity index (χ1n) is 7.44. The maximum absolute atomic E-state index is 11.2. The van der Waals surface area contributed by atoms with Crippen LogP contribution in [0.5, 0.6) is 5.75 Å². The molecule has 1 aromatic carbocycles. The molecule has 130 valence electrons. The summed E-state index contributed by atoms with van der Waals surface area (Å²) in [5.74, 6) is -0.427. The lowest BCUT2D eigenvalue weighted by Gasteiger charge is -2.11. The number of rotatable bonds is 6. The standard InChI is InChI=1S/C16H16N4O3S2/c1-3-23-12-5-4-9(14(21)22)6-10(12)19-16-20-11(7-24-16)13-8(2)18-15(17)25-13/h4-7H,3H2,1-2H3,(H2,17,18)(H,19,20)(H,21,22). The van der Waals surface area contributed by atoms with E-state index in [1.807, 2.05) is 19.2 Å². The zero-order chi connectivity index (χ0) is 18.0. The van der Waals surface area contributed by atoms with Crippen LogP contribution in [0.15, 0.2) is 23.6 Å². The molecule has 4 N–H and O–H groups in total. The molecule has 3 rings (SSSR count). The molecule has 0 radical (unpaired) electrons. The average Bonchev–Trinajstić information content (AvgIpc) is 3.15. The fourth-order valence-electron chi connectivity index (χ4n) is 2.25. The van der Waals surface area contributed by atoms with Gasteiger partial charge in [0.25, 0.3) is 0 Å². The second-order valence-corrected chi connectivity index (χ2v) is 6.97. The van der Waals surface area contributed by atoms with Crippen molar-refractivity contribution < 1.29 is 14.6 Å². The third-order valence-electron chi connectivity index (χ3n) is 3.32. The molecule has 0 bridgehead atoms. The van der Waals surface area contributed by atoms with Crippen LogP contribution in [-0.4, -0.2) is 27.7 Å². The van der Waals surface area contributed by atoms with Crippen LogP contribution in [0.4, 0.5) is 16.0 Å². The quantitative estimate of drug-likeness (QED) is 0.596. The predicted molar refractivity (Wildman–Crippen MR) is 100 cm³/mol. The van der Waals surface area contributed by atoms with E-state index in [-0.39, 0.29) is 5.56 Å². The number of hydrogen-bond donors (Lipinski definition) is 3. The smallest absolute Gasteiger partial charge is 0.335 e. The van der Waals surface area contributed by atoms with E-state index in [0.717, 1.165) is 16.3 Å². The second-order valence-electron chi connectivity index (χ2n) is 5.08. The number of aromatic nitrogens is 2. The molecular formula is C16H16N4O3S2. The van der Waals surface area contributed by atoms with Gasteiger partial charge >= 0.3 is 5.97 Å². The van der Waals surface area contributed by atoms with Gasteiger partial charge in [0, 0.05) is 5.38 Å². The molecule has 0 fully saturated rings. The van der Waals surface area contributed by atoms with Crippen molar-refractivity contribution in [3.8, 4) is 16.3 Å². The number of nitrogens with zero attached hydrogens (tertiary/aromatic N) is 2. The lowest BCUT2D eigenvalue weighted by atomic mass is 10.2. The van der Waals surface area contributed by atoms with E-state index >= 15 is 0 Å². The van der Waals surface area contributed by atoms with Crippen LogP contribution in [0.1, 0.15) is 23.0 Å². The van der Waals surface area contributed by atoms with Crippen molar-refractivity contribution in [3.63, 3.8) is 0 Å². The van der Waals surface area contributed by atoms with E-state index in [4.69, 9.17) is 10.5 Å². The average molecular weight is 376 g/mol. The van der Waals surface area contributed by atoms with Crippen molar-refractivity contribution >= 4 is 44.6 Å². The highest BCUT2D eigenvalue weighted by atomic mass is 32.1. The van der Waals surface area contributed by atoms with Gasteiger partial charge in [0.1, 0.15) is 5.75 Å². The third kappa shape index (κ3) is 3.72. The third-order valence-corrected chi connectivity index (χ3v) is 5.08. The molecule has 9 heteroatoms. The van der Waals surface area contributed by atoms with Gasteiger partial charge in [0.05, 0.1) is 34.1 Å². The van der Waals surface area contributed by atoms with Crippen LogP contribution < -0.4 is 15.8 Å². The van der Waals surface area contributed by atoms with Gasteiger partial charge in [0.2, 0.25) is 0 Å². The number of ether oxygens (including phenoxy) is 1. The van der Waals surface area contributed by atoms with Gasteiger partial charge in [-0.1, -0.05) is 11.3 Å². The summed E-state index contributed by atoms with van der Waals surface area (Å²) in [6, 6.07) is 4.68. The normalized spacial score (nSPS) is 10.6. The van der Waals surface area contributed by atoms with E-state index < -0.39 is 5.97 Å². The summed E-state index contributed by atoms with van der Waals surface area (Å²) in [7, 11) is 0. The molecule has 0 saturated heterocycles. The number of carboxylic acid groups (broad SMARTS) is 1. The Kier molecular flexibility index (Phi) is 4.86. The Labute approximate surface area is 152 Å². The first-order valence-corrected chi connectivity index (χ1v) is 9.13. The molecule has 0 aliphatic heterocycles. The minimum atomic E-state index is -0.998. The summed E-state index contributed by atoms with van der Waals surface area (Å²) in [6.45, 7) is 4.23. The number of aromatic carboxylic acids is 1. The Hall–Kier alpha value is -2.65. The molecule has 2 heterocycles. The van der Waals surface area contributed by atoms with E-state index in [1.165, 1.54) is 34.8 Å². The van der Waals surface area contributed by atoms with Crippen molar-refractivity contribution in [1.29, 1.82) is 0 Å². The van der Waals surface area contributed by atoms with Crippen molar-refractivity contribution in [3.05, 3.63) is 34.8 Å². The summed E-state index contributed by atoms with van der Waals surface area (Å²) in [5.41, 5.74) is 8.09. The summed E-state index contributed by atoms with van der Waals surface area (Å²) in [5, 5.41) is 15.4. The van der Waals surface area contributed by atoms with Gasteiger partial charge in [0.15, 0.2) is 10.3 Å². The number of benzene rings is 1. The molecule has 7 nitrogen and oxygen atoms in total. The maximum Gasteiger partial charge on any atom is 0.335 e. The van der Waals surface area contributed by atoms with Crippen molar-refractivity contribution in [2.45, 2.75) is 13.8 Å². The lowest BCUT2D eigenvalue weighted by Crippen LogP contribution is -2.02. The number of aryl methyl sites for hydroxylation is 1. The Morgan fingerprint density at radius 3 is 2.84 bits per heavy atom. The summed E-state index contributed by atoms with van der Waals surface area (Å²) in [4.78, 5) is 20.9. The minimum Gasteiger partial charge on any atom is -0.492 e. The predicted octanol–water partition coefficient (Wildman–Crippen LogP) is 4.00. The topological polar surface area (TPSA) is 110 Å². The molecule has 0 aliphatic rings. The largest absolute Gasteiger partial charge is 0.492 e. The molecule has 0 saturated carbocycles. The number of anilines is 3. The molecule has 0 unspecified atom stereocenters. The monoisotopic (exact) mass is 376 g/mol. The molecule has 0 aliphatic carbocycles. The molecule has 0 spiro atoms. The summed E-state index contributed by atoms with van der Waals surface area (Å²) < 4.78 is 5.55. The van der Waals surface area contributed by atoms with Gasteiger partial charge < -0.3 is 20.9 Å². The van der Waals surface area contributed by atoms with E-state index in [0.29, 0.717) is 28.3 Å². The van der Waals surface area contributed by atoms with Crippen LogP contribution in [-0.2, 0) is 0 Å². The number of thiazole rings is 2. The summed E-state index contributed by atoms with van der Waals surface area (Å²) >= 11 is 2.80. The van der Waals surface area contributed by atoms with Crippen molar-refractivity contribution in [2.75, 3.05) is 17.7 Å². The minimum absolute atomic E-state index is 0.175. The number of nitrogens with one attached hydrogen (secondary N) is 1. The van der Waals surface area contributed by atoms with Crippen LogP contribution >= 0.6 is 22.7 Å². The fourth-order valence-corrected chi connectivity index (χ4v) is 3.83. The zero-order valence-corrected chi connectivity index (χ0v) is 15.2. The number of nitrogen functional groups attached to an aromatic ring is 1. The number of carboxylic acids is 1. The highest BCUT2D eigenvalue weighted by Gasteiger charge is 2.14. The lowest BCUT2D eigenvalue weighted by molar-refractivity contribution is 0.0697. The Balaban J connectivity index is 1.91. The zero-order valence-electron chi connectivity index (χ0n) is 13.6. The van der Waals surface area contributed by atoms with Crippen LogP contribution in [0.2, 0.25) is 0 Å². The molecule has 25 heavy (non-hydrogen) atoms. The van der Waals surface area contributed by atoms with Gasteiger partial charge in [-0.3, -0.25) is 0 Å². The van der Waals surface area contributed by atoms with Crippen LogP contribution in [0.25, 0.3) is 10.6 Å².